The number of nitrogens with one attached hydrogen (secondary N) is 2. The van der Waals surface area contributed by atoms with E-state index in [0.29, 0.717) is 24.2 Å². The van der Waals surface area contributed by atoms with Crippen LogP contribution >= 0.6 is 0 Å². The van der Waals surface area contributed by atoms with Crippen molar-refractivity contribution >= 4 is 33.4 Å². The Morgan fingerprint density at radius 2 is 0.947 bits per heavy atom. The molecule has 1 aliphatic heterocycles. The molecular weight excluding hydrogens is 472 g/mol. The highest BCUT2D eigenvalue weighted by Gasteiger charge is 2.16. The minimum atomic E-state index is -0.00622. The first-order valence-corrected chi connectivity index (χ1v) is 13.6. The van der Waals surface area contributed by atoms with E-state index in [4.69, 9.17) is 0 Å². The number of carbonyl (C=O) groups excluding carboxylic acids is 2. The molecule has 6 nitrogen and oxygen atoms in total. The fraction of sp³-hybridized carbons (Fsp3) is 0.312. The largest absolute Gasteiger partial charge is 0.352 e. The Balaban J connectivity index is 0.941. The molecular formula is C32H36N4O2. The van der Waals surface area contributed by atoms with E-state index in [1.807, 2.05) is 72.8 Å². The molecule has 5 rings (SSSR count). The molecule has 2 N–H and O–H groups in total. The first-order valence-electron chi connectivity index (χ1n) is 13.6. The third-order valence-electron chi connectivity index (χ3n) is 7.36. The summed E-state index contributed by atoms with van der Waals surface area (Å²) in [5.41, 5.74) is 1.43. The molecule has 0 spiro atoms. The van der Waals surface area contributed by atoms with E-state index in [1.54, 1.807) is 0 Å². The molecule has 1 aliphatic rings. The molecule has 6 heteroatoms. The molecule has 2 amide bonds. The summed E-state index contributed by atoms with van der Waals surface area (Å²) in [6, 6.07) is 27.9. The summed E-state index contributed by atoms with van der Waals surface area (Å²) in [6.07, 6.45) is 1.89. The van der Waals surface area contributed by atoms with Crippen LogP contribution in [0, 0.1) is 0 Å². The second kappa shape index (κ2) is 12.7. The van der Waals surface area contributed by atoms with E-state index in [-0.39, 0.29) is 11.8 Å². The summed E-state index contributed by atoms with van der Waals surface area (Å²) in [4.78, 5) is 30.0. The van der Waals surface area contributed by atoms with Crippen LogP contribution in [-0.4, -0.2) is 74.0 Å². The van der Waals surface area contributed by atoms with Crippen molar-refractivity contribution in [1.82, 2.24) is 20.4 Å². The van der Waals surface area contributed by atoms with Gasteiger partial charge in [-0.05, 0) is 71.7 Å². The van der Waals surface area contributed by atoms with Crippen LogP contribution in [0.15, 0.2) is 84.9 Å². The molecule has 4 aromatic carbocycles. The molecule has 0 unspecified atom stereocenters. The fourth-order valence-electron chi connectivity index (χ4n) is 5.11. The van der Waals surface area contributed by atoms with Crippen LogP contribution in [0.5, 0.6) is 0 Å². The molecule has 1 saturated heterocycles. The Bertz CT molecular complexity index is 1290. The van der Waals surface area contributed by atoms with Gasteiger partial charge in [-0.1, -0.05) is 60.7 Å². The lowest BCUT2D eigenvalue weighted by atomic mass is 10.1. The summed E-state index contributed by atoms with van der Waals surface area (Å²) in [5.74, 6) is -0.0124. The number of piperazine rings is 1. The lowest BCUT2D eigenvalue weighted by Gasteiger charge is -2.34. The second-order valence-corrected chi connectivity index (χ2v) is 10.0. The Hall–Kier alpha value is -3.74. The number of hydrogen-bond donors (Lipinski definition) is 2. The maximum Gasteiger partial charge on any atom is 0.251 e. The number of fused-ring (bicyclic) bond motifs is 2. The summed E-state index contributed by atoms with van der Waals surface area (Å²) in [6.45, 7) is 7.53. The van der Waals surface area contributed by atoms with Gasteiger partial charge in [-0.15, -0.1) is 0 Å². The zero-order chi connectivity index (χ0) is 26.2. The molecule has 0 bridgehead atoms. The average Bonchev–Trinajstić information content (AvgIpc) is 2.97. The number of nitrogens with zero attached hydrogens (tertiary/aromatic N) is 2. The number of rotatable bonds is 10. The summed E-state index contributed by atoms with van der Waals surface area (Å²) in [5, 5.41) is 10.6. The lowest BCUT2D eigenvalue weighted by Crippen LogP contribution is -2.47. The van der Waals surface area contributed by atoms with Gasteiger partial charge in [-0.25, -0.2) is 0 Å². The summed E-state index contributed by atoms with van der Waals surface area (Å²) < 4.78 is 0. The third-order valence-corrected chi connectivity index (χ3v) is 7.36. The second-order valence-electron chi connectivity index (χ2n) is 10.0. The van der Waals surface area contributed by atoms with Crippen LogP contribution < -0.4 is 10.6 Å². The van der Waals surface area contributed by atoms with E-state index in [1.165, 1.54) is 0 Å². The minimum Gasteiger partial charge on any atom is -0.352 e. The van der Waals surface area contributed by atoms with Gasteiger partial charge in [0.15, 0.2) is 0 Å². The zero-order valence-corrected chi connectivity index (χ0v) is 21.9. The lowest BCUT2D eigenvalue weighted by molar-refractivity contribution is 0.0935. The van der Waals surface area contributed by atoms with Crippen LogP contribution in [0.3, 0.4) is 0 Å². The Morgan fingerprint density at radius 3 is 1.37 bits per heavy atom. The molecule has 196 valence electrons. The third kappa shape index (κ3) is 6.77. The van der Waals surface area contributed by atoms with Gasteiger partial charge >= 0.3 is 0 Å². The van der Waals surface area contributed by atoms with Crippen molar-refractivity contribution in [2.45, 2.75) is 12.8 Å². The van der Waals surface area contributed by atoms with Gasteiger partial charge in [0, 0.05) is 50.4 Å². The standard InChI is InChI=1S/C32H36N4O2/c37-31(29-13-11-25-7-1-3-9-27(25)23-29)33-15-5-17-35-19-21-36(22-20-35)18-6-16-34-32(38)30-14-12-26-8-2-4-10-28(26)24-30/h1-4,7-14,23-24H,5-6,15-22H2,(H,33,37)(H,34,38). The highest BCUT2D eigenvalue weighted by Crippen LogP contribution is 2.16. The van der Waals surface area contributed by atoms with Crippen molar-refractivity contribution < 1.29 is 9.59 Å². The van der Waals surface area contributed by atoms with E-state index >= 15 is 0 Å². The van der Waals surface area contributed by atoms with Gasteiger partial charge in [0.1, 0.15) is 0 Å². The van der Waals surface area contributed by atoms with Crippen LogP contribution in [0.4, 0.5) is 0 Å². The van der Waals surface area contributed by atoms with Crippen molar-refractivity contribution in [3.8, 4) is 0 Å². The van der Waals surface area contributed by atoms with Crippen molar-refractivity contribution in [2.75, 3.05) is 52.4 Å². The van der Waals surface area contributed by atoms with Crippen molar-refractivity contribution in [3.63, 3.8) is 0 Å². The van der Waals surface area contributed by atoms with Gasteiger partial charge in [-0.3, -0.25) is 9.59 Å². The van der Waals surface area contributed by atoms with E-state index in [9.17, 15) is 9.59 Å². The van der Waals surface area contributed by atoms with Gasteiger partial charge in [0.2, 0.25) is 0 Å². The highest BCUT2D eigenvalue weighted by atomic mass is 16.2. The summed E-state index contributed by atoms with van der Waals surface area (Å²) >= 11 is 0. The Labute approximate surface area is 224 Å². The predicted octanol–water partition coefficient (Wildman–Crippen LogP) is 4.55. The molecule has 0 aliphatic carbocycles. The number of hydrogen-bond acceptors (Lipinski definition) is 4. The number of benzene rings is 4. The molecule has 0 atom stereocenters. The molecule has 1 heterocycles. The number of amides is 2. The minimum absolute atomic E-state index is 0.00622. The quantitative estimate of drug-likeness (QED) is 0.309. The van der Waals surface area contributed by atoms with Crippen LogP contribution in [0.1, 0.15) is 33.6 Å². The van der Waals surface area contributed by atoms with Crippen LogP contribution in [0.2, 0.25) is 0 Å². The molecule has 4 aromatic rings. The monoisotopic (exact) mass is 508 g/mol. The van der Waals surface area contributed by atoms with Gasteiger partial charge in [-0.2, -0.15) is 0 Å². The van der Waals surface area contributed by atoms with Gasteiger partial charge in [0.25, 0.3) is 11.8 Å². The molecule has 0 saturated carbocycles. The predicted molar refractivity (Wildman–Crippen MR) is 155 cm³/mol. The first-order chi connectivity index (χ1) is 18.7. The Kier molecular flexibility index (Phi) is 8.64. The van der Waals surface area contributed by atoms with Crippen molar-refractivity contribution in [1.29, 1.82) is 0 Å². The van der Waals surface area contributed by atoms with Crippen molar-refractivity contribution in [3.05, 3.63) is 96.1 Å². The normalized spacial score (nSPS) is 14.5. The average molecular weight is 509 g/mol. The van der Waals surface area contributed by atoms with Crippen LogP contribution in [0.25, 0.3) is 21.5 Å². The molecule has 38 heavy (non-hydrogen) atoms. The highest BCUT2D eigenvalue weighted by molar-refractivity contribution is 5.99. The topological polar surface area (TPSA) is 64.7 Å². The van der Waals surface area contributed by atoms with Gasteiger partial charge in [0.05, 0.1) is 0 Å². The molecule has 0 aromatic heterocycles. The van der Waals surface area contributed by atoms with Gasteiger partial charge < -0.3 is 20.4 Å². The molecule has 1 fully saturated rings. The summed E-state index contributed by atoms with van der Waals surface area (Å²) in [7, 11) is 0. The SMILES string of the molecule is O=C(NCCCN1CCN(CCCNC(=O)c2ccc3ccccc3c2)CC1)c1ccc2ccccc2c1. The number of carbonyl (C=O) groups is 2. The molecule has 0 radical (unpaired) electrons. The fourth-order valence-corrected chi connectivity index (χ4v) is 5.11. The maximum atomic E-state index is 12.5. The Morgan fingerprint density at radius 1 is 0.553 bits per heavy atom. The smallest absolute Gasteiger partial charge is 0.251 e. The van der Waals surface area contributed by atoms with E-state index < -0.39 is 0 Å². The van der Waals surface area contributed by atoms with E-state index in [0.717, 1.165) is 73.7 Å². The first kappa shape index (κ1) is 25.9. The van der Waals surface area contributed by atoms with Crippen molar-refractivity contribution in [2.24, 2.45) is 0 Å². The van der Waals surface area contributed by atoms with E-state index in [2.05, 4.69) is 32.6 Å². The zero-order valence-electron chi connectivity index (χ0n) is 21.9. The van der Waals surface area contributed by atoms with Crippen LogP contribution in [-0.2, 0) is 0 Å². The maximum absolute atomic E-state index is 12.5.